The molecule has 8 nitrogen and oxygen atoms in total. The number of benzene rings is 2. The number of hydrogen-bond acceptors (Lipinski definition) is 7. The highest BCUT2D eigenvalue weighted by Crippen LogP contribution is 2.36. The van der Waals surface area contributed by atoms with E-state index in [-0.39, 0.29) is 27.2 Å². The van der Waals surface area contributed by atoms with Gasteiger partial charge in [-0.25, -0.2) is 18.7 Å². The number of fused-ring (bicyclic) bond motifs is 1. The van der Waals surface area contributed by atoms with Gasteiger partial charge in [-0.05, 0) is 24.6 Å². The van der Waals surface area contributed by atoms with Crippen molar-refractivity contribution in [1.29, 1.82) is 0 Å². The number of nitrogens with one attached hydrogen (secondary N) is 2. The van der Waals surface area contributed by atoms with Crippen molar-refractivity contribution in [3.63, 3.8) is 0 Å². The van der Waals surface area contributed by atoms with Crippen LogP contribution in [-0.2, 0) is 9.53 Å². The molecule has 3 aromatic rings. The van der Waals surface area contributed by atoms with E-state index >= 15 is 0 Å². The van der Waals surface area contributed by atoms with Crippen LogP contribution in [0.3, 0.4) is 0 Å². The van der Waals surface area contributed by atoms with Crippen molar-refractivity contribution < 1.29 is 23.0 Å². The molecule has 2 aromatic carbocycles. The average molecular weight is 538 g/mol. The van der Waals surface area contributed by atoms with Gasteiger partial charge in [0.2, 0.25) is 0 Å². The molecule has 0 spiro atoms. The molecule has 0 radical (unpaired) electrons. The Balaban J connectivity index is 1.60. The molecule has 1 aromatic heterocycles. The number of amides is 1. The summed E-state index contributed by atoms with van der Waals surface area (Å²) in [6.07, 6.45) is 2.03. The van der Waals surface area contributed by atoms with Crippen LogP contribution in [0.1, 0.15) is 6.42 Å². The summed E-state index contributed by atoms with van der Waals surface area (Å²) in [7, 11) is 0. The van der Waals surface area contributed by atoms with Crippen LogP contribution in [0.4, 0.5) is 26.0 Å². The zero-order valence-corrected chi connectivity index (χ0v) is 20.6. The summed E-state index contributed by atoms with van der Waals surface area (Å²) in [6.45, 7) is 7.35. The summed E-state index contributed by atoms with van der Waals surface area (Å²) in [5.41, 5.74) is 0.675. The maximum Gasteiger partial charge on any atom is 0.283 e. The summed E-state index contributed by atoms with van der Waals surface area (Å²) in [4.78, 5) is 22.8. The molecule has 1 fully saturated rings. The Morgan fingerprint density at radius 2 is 1.97 bits per heavy atom. The van der Waals surface area contributed by atoms with E-state index in [1.54, 1.807) is 6.07 Å². The van der Waals surface area contributed by atoms with E-state index in [9.17, 15) is 13.6 Å². The Kier molecular flexibility index (Phi) is 8.52. The predicted octanol–water partition coefficient (Wildman–Crippen LogP) is 5.34. The molecule has 0 bridgehead atoms. The first-order valence-electron chi connectivity index (χ1n) is 11.1. The molecular formula is C24H23Cl2F2N5O3. The molecule has 36 heavy (non-hydrogen) atoms. The van der Waals surface area contributed by atoms with Crippen molar-refractivity contribution in [3.05, 3.63) is 58.9 Å². The SMILES string of the molecule is C=C(F)C(=O)Nc1cc2c(Nc3ccc(Cl)c(Cl)c3F)ncnc2cc1OCCCN1CCOCC1. The number of nitrogens with zero attached hydrogens (tertiary/aromatic N) is 3. The van der Waals surface area contributed by atoms with Crippen LogP contribution in [-0.4, -0.2) is 60.2 Å². The lowest BCUT2D eigenvalue weighted by molar-refractivity contribution is -0.114. The quantitative estimate of drug-likeness (QED) is 0.216. The lowest BCUT2D eigenvalue weighted by atomic mass is 10.1. The first kappa shape index (κ1) is 26.0. The van der Waals surface area contributed by atoms with Crippen molar-refractivity contribution in [2.24, 2.45) is 0 Å². The Morgan fingerprint density at radius 3 is 2.72 bits per heavy atom. The first-order valence-corrected chi connectivity index (χ1v) is 11.9. The molecule has 1 aliphatic heterocycles. The number of carbonyl (C=O) groups is 1. The van der Waals surface area contributed by atoms with Crippen molar-refractivity contribution in [1.82, 2.24) is 14.9 Å². The van der Waals surface area contributed by atoms with Crippen LogP contribution in [0.15, 0.2) is 43.0 Å². The summed E-state index contributed by atoms with van der Waals surface area (Å²) in [5.74, 6) is -2.41. The Labute approximate surface area is 216 Å². The highest BCUT2D eigenvalue weighted by Gasteiger charge is 2.17. The summed E-state index contributed by atoms with van der Waals surface area (Å²) in [5, 5.41) is 5.57. The normalized spacial score (nSPS) is 14.0. The zero-order valence-electron chi connectivity index (χ0n) is 19.1. The minimum Gasteiger partial charge on any atom is -0.491 e. The van der Waals surface area contributed by atoms with Crippen molar-refractivity contribution in [3.8, 4) is 5.75 Å². The number of morpholine rings is 1. The van der Waals surface area contributed by atoms with Crippen LogP contribution >= 0.6 is 23.2 Å². The third-order valence-electron chi connectivity index (χ3n) is 5.50. The van der Waals surface area contributed by atoms with Gasteiger partial charge in [0.1, 0.15) is 17.9 Å². The second kappa shape index (κ2) is 11.8. The smallest absolute Gasteiger partial charge is 0.283 e. The van der Waals surface area contributed by atoms with E-state index in [2.05, 4.69) is 32.1 Å². The van der Waals surface area contributed by atoms with Crippen molar-refractivity contribution in [2.45, 2.75) is 6.42 Å². The maximum absolute atomic E-state index is 14.6. The predicted molar refractivity (Wildman–Crippen MR) is 135 cm³/mol. The molecule has 0 atom stereocenters. The monoisotopic (exact) mass is 537 g/mol. The van der Waals surface area contributed by atoms with Gasteiger partial charge in [0, 0.05) is 31.1 Å². The maximum atomic E-state index is 14.6. The molecule has 4 rings (SSSR count). The van der Waals surface area contributed by atoms with E-state index in [1.807, 2.05) is 0 Å². The first-order chi connectivity index (χ1) is 17.3. The standard InChI is InChI=1S/C24H23Cl2F2N5O3/c1-14(27)24(34)32-19-11-15-18(12-20(19)36-8-2-5-33-6-9-35-10-7-33)29-13-30-23(15)31-17-4-3-16(25)21(26)22(17)28/h3-4,11-13H,1-2,5-10H2,(H,32,34)(H,29,30,31). The lowest BCUT2D eigenvalue weighted by Crippen LogP contribution is -2.37. The Morgan fingerprint density at radius 1 is 1.19 bits per heavy atom. The lowest BCUT2D eigenvalue weighted by Gasteiger charge is -2.26. The molecule has 1 saturated heterocycles. The second-order valence-corrected chi connectivity index (χ2v) is 8.74. The van der Waals surface area contributed by atoms with Crippen LogP contribution < -0.4 is 15.4 Å². The molecular weight excluding hydrogens is 515 g/mol. The van der Waals surface area contributed by atoms with Gasteiger partial charge in [-0.15, -0.1) is 0 Å². The molecule has 190 valence electrons. The summed E-state index contributed by atoms with van der Waals surface area (Å²) in [6, 6.07) is 5.98. The number of rotatable bonds is 9. The number of aromatic nitrogens is 2. The molecule has 1 amide bonds. The fourth-order valence-corrected chi connectivity index (χ4v) is 3.95. The van der Waals surface area contributed by atoms with Gasteiger partial charge < -0.3 is 20.1 Å². The van der Waals surface area contributed by atoms with Gasteiger partial charge in [-0.1, -0.05) is 29.8 Å². The van der Waals surface area contributed by atoms with Gasteiger partial charge in [0.15, 0.2) is 11.6 Å². The number of ether oxygens (including phenoxy) is 2. The molecule has 0 aliphatic carbocycles. The van der Waals surface area contributed by atoms with E-state index in [0.717, 1.165) is 26.1 Å². The summed E-state index contributed by atoms with van der Waals surface area (Å²) >= 11 is 11.8. The third kappa shape index (κ3) is 6.19. The van der Waals surface area contributed by atoms with E-state index in [4.69, 9.17) is 32.7 Å². The van der Waals surface area contributed by atoms with Crippen LogP contribution in [0, 0.1) is 5.82 Å². The molecule has 2 N–H and O–H groups in total. The minimum absolute atomic E-state index is 0.0376. The number of halogens is 4. The van der Waals surface area contributed by atoms with Gasteiger partial charge in [-0.2, -0.15) is 0 Å². The number of carbonyl (C=O) groups excluding carboxylic acids is 1. The van der Waals surface area contributed by atoms with Crippen LogP contribution in [0.5, 0.6) is 5.75 Å². The van der Waals surface area contributed by atoms with E-state index in [1.165, 1.54) is 24.5 Å². The molecule has 0 unspecified atom stereocenters. The second-order valence-electron chi connectivity index (χ2n) is 7.95. The molecule has 12 heteroatoms. The molecule has 2 heterocycles. The average Bonchev–Trinajstić information content (AvgIpc) is 2.88. The van der Waals surface area contributed by atoms with Gasteiger partial charge in [0.05, 0.1) is 46.8 Å². The third-order valence-corrected chi connectivity index (χ3v) is 6.28. The zero-order chi connectivity index (χ0) is 25.7. The summed E-state index contributed by atoms with van der Waals surface area (Å²) < 4.78 is 39.3. The van der Waals surface area contributed by atoms with Crippen LogP contribution in [0.2, 0.25) is 10.0 Å². The highest BCUT2D eigenvalue weighted by atomic mass is 35.5. The van der Waals surface area contributed by atoms with Crippen molar-refractivity contribution in [2.75, 3.05) is 50.1 Å². The Hall–Kier alpha value is -3.05. The highest BCUT2D eigenvalue weighted by molar-refractivity contribution is 6.42. The number of hydrogen-bond donors (Lipinski definition) is 2. The minimum atomic E-state index is -1.16. The van der Waals surface area contributed by atoms with Crippen molar-refractivity contribution >= 4 is 57.2 Å². The molecule has 0 saturated carbocycles. The fourth-order valence-electron chi connectivity index (χ4n) is 3.64. The largest absolute Gasteiger partial charge is 0.491 e. The van der Waals surface area contributed by atoms with Gasteiger partial charge in [-0.3, -0.25) is 9.69 Å². The Bertz CT molecular complexity index is 1290. The topological polar surface area (TPSA) is 88.6 Å². The van der Waals surface area contributed by atoms with E-state index < -0.39 is 17.6 Å². The fraction of sp³-hybridized carbons (Fsp3) is 0.292. The van der Waals surface area contributed by atoms with Gasteiger partial charge >= 0.3 is 0 Å². The van der Waals surface area contributed by atoms with Crippen LogP contribution in [0.25, 0.3) is 10.9 Å². The number of anilines is 3. The van der Waals surface area contributed by atoms with E-state index in [0.29, 0.717) is 36.5 Å². The molecule has 1 aliphatic rings. The van der Waals surface area contributed by atoms with Gasteiger partial charge in [0.25, 0.3) is 5.91 Å².